The third-order valence-electron chi connectivity index (χ3n) is 5.56. The molecule has 0 heterocycles. The number of rotatable bonds is 5. The summed E-state index contributed by atoms with van der Waals surface area (Å²) in [5, 5.41) is 0. The Morgan fingerprint density at radius 2 is 1.76 bits per heavy atom. The smallest absolute Gasteiger partial charge is 0.240 e. The van der Waals surface area contributed by atoms with E-state index in [0.29, 0.717) is 23.9 Å². The summed E-state index contributed by atoms with van der Waals surface area (Å²) in [6.45, 7) is 11.5. The van der Waals surface area contributed by atoms with Gasteiger partial charge < -0.3 is 5.73 Å². The Morgan fingerprint density at radius 3 is 2.19 bits per heavy atom. The van der Waals surface area contributed by atoms with Gasteiger partial charge >= 0.3 is 0 Å². The van der Waals surface area contributed by atoms with Crippen LogP contribution in [0.5, 0.6) is 0 Å². The van der Waals surface area contributed by atoms with Crippen LogP contribution in [0.15, 0.2) is 23.1 Å². The molecule has 0 aliphatic heterocycles. The summed E-state index contributed by atoms with van der Waals surface area (Å²) < 4.78 is 27.7. The number of hydrogen-bond acceptors (Lipinski definition) is 3. The zero-order valence-electron chi connectivity index (χ0n) is 13.5. The van der Waals surface area contributed by atoms with E-state index >= 15 is 0 Å². The standard InChI is InChI=1S/C16H26N2O2S/c1-11-8-12(9-17)6-7-13(11)21(19,20)18-10-14-15(2,3)16(14,4)5/h6-8,14,18H,9-10,17H2,1-5H3. The molecule has 1 aliphatic rings. The molecule has 0 spiro atoms. The van der Waals surface area contributed by atoms with Crippen LogP contribution in [0.3, 0.4) is 0 Å². The van der Waals surface area contributed by atoms with E-state index in [1.807, 2.05) is 6.07 Å². The zero-order chi connectivity index (χ0) is 16.1. The predicted octanol–water partition coefficient (Wildman–Crippen LogP) is 2.41. The van der Waals surface area contributed by atoms with Gasteiger partial charge in [0.2, 0.25) is 10.0 Å². The van der Waals surface area contributed by atoms with Gasteiger partial charge in [0.05, 0.1) is 4.90 Å². The van der Waals surface area contributed by atoms with Gasteiger partial charge in [0, 0.05) is 13.1 Å². The Hall–Kier alpha value is -0.910. The fraction of sp³-hybridized carbons (Fsp3) is 0.625. The molecule has 1 saturated carbocycles. The van der Waals surface area contributed by atoms with Crippen molar-refractivity contribution in [1.29, 1.82) is 0 Å². The van der Waals surface area contributed by atoms with Crippen molar-refractivity contribution in [3.8, 4) is 0 Å². The summed E-state index contributed by atoms with van der Waals surface area (Å²) in [7, 11) is -3.46. The number of sulfonamides is 1. The summed E-state index contributed by atoms with van der Waals surface area (Å²) >= 11 is 0. The highest BCUT2D eigenvalue weighted by atomic mass is 32.2. The van der Waals surface area contributed by atoms with Crippen molar-refractivity contribution in [1.82, 2.24) is 4.72 Å². The average Bonchev–Trinajstić information content (AvgIpc) is 2.76. The molecule has 1 aromatic rings. The summed E-state index contributed by atoms with van der Waals surface area (Å²) in [6, 6.07) is 5.25. The lowest BCUT2D eigenvalue weighted by Gasteiger charge is -2.11. The second-order valence-corrected chi connectivity index (χ2v) is 8.89. The Kier molecular flexibility index (Phi) is 3.98. The first-order valence-electron chi connectivity index (χ1n) is 7.33. The van der Waals surface area contributed by atoms with Crippen molar-refractivity contribution < 1.29 is 8.42 Å². The zero-order valence-corrected chi connectivity index (χ0v) is 14.3. The molecule has 0 atom stereocenters. The number of benzene rings is 1. The molecular weight excluding hydrogens is 284 g/mol. The van der Waals surface area contributed by atoms with Gasteiger partial charge in [-0.25, -0.2) is 13.1 Å². The number of hydrogen-bond donors (Lipinski definition) is 2. The number of aryl methyl sites for hydroxylation is 1. The highest BCUT2D eigenvalue weighted by Crippen LogP contribution is 2.67. The molecule has 4 nitrogen and oxygen atoms in total. The minimum absolute atomic E-state index is 0.175. The third-order valence-corrected chi connectivity index (χ3v) is 7.15. The molecule has 0 bridgehead atoms. The molecule has 0 amide bonds. The van der Waals surface area contributed by atoms with Gasteiger partial charge in [0.1, 0.15) is 0 Å². The SMILES string of the molecule is Cc1cc(CN)ccc1S(=O)(=O)NCC1C(C)(C)C1(C)C. The highest BCUT2D eigenvalue weighted by Gasteiger charge is 2.64. The first-order chi connectivity index (χ1) is 9.54. The molecule has 3 N–H and O–H groups in total. The van der Waals surface area contributed by atoms with E-state index in [4.69, 9.17) is 5.73 Å². The van der Waals surface area contributed by atoms with Crippen LogP contribution in [-0.4, -0.2) is 15.0 Å². The van der Waals surface area contributed by atoms with E-state index < -0.39 is 10.0 Å². The van der Waals surface area contributed by atoms with Crippen molar-refractivity contribution in [2.75, 3.05) is 6.54 Å². The Bertz CT molecular complexity index is 634. The first kappa shape index (κ1) is 16.5. The average molecular weight is 310 g/mol. The van der Waals surface area contributed by atoms with Crippen molar-refractivity contribution in [2.24, 2.45) is 22.5 Å². The second-order valence-electron chi connectivity index (χ2n) is 7.15. The van der Waals surface area contributed by atoms with Gasteiger partial charge in [-0.15, -0.1) is 0 Å². The maximum atomic E-state index is 12.5. The summed E-state index contributed by atoms with van der Waals surface area (Å²) in [4.78, 5) is 0.343. The van der Waals surface area contributed by atoms with Crippen LogP contribution >= 0.6 is 0 Å². The predicted molar refractivity (Wildman–Crippen MR) is 85.3 cm³/mol. The largest absolute Gasteiger partial charge is 0.326 e. The normalized spacial score (nSPS) is 20.5. The van der Waals surface area contributed by atoms with Gasteiger partial charge in [-0.2, -0.15) is 0 Å². The van der Waals surface area contributed by atoms with Gasteiger partial charge in [-0.1, -0.05) is 39.8 Å². The molecule has 21 heavy (non-hydrogen) atoms. The van der Waals surface area contributed by atoms with E-state index in [0.717, 1.165) is 11.1 Å². The van der Waals surface area contributed by atoms with Crippen LogP contribution < -0.4 is 10.5 Å². The Balaban J connectivity index is 2.14. The lowest BCUT2D eigenvalue weighted by atomic mass is 10.0. The maximum absolute atomic E-state index is 12.5. The second kappa shape index (κ2) is 5.07. The van der Waals surface area contributed by atoms with E-state index in [1.54, 1.807) is 19.1 Å². The van der Waals surface area contributed by atoms with Crippen LogP contribution in [0.2, 0.25) is 0 Å². The molecule has 5 heteroatoms. The molecule has 118 valence electrons. The van der Waals surface area contributed by atoms with Crippen molar-refractivity contribution in [3.63, 3.8) is 0 Å². The fourth-order valence-electron chi connectivity index (χ4n) is 3.25. The van der Waals surface area contributed by atoms with Gasteiger partial charge in [-0.3, -0.25) is 0 Å². The van der Waals surface area contributed by atoms with Crippen LogP contribution in [0.1, 0.15) is 38.8 Å². The molecule has 0 saturated heterocycles. The first-order valence-corrected chi connectivity index (χ1v) is 8.81. The van der Waals surface area contributed by atoms with Crippen LogP contribution in [0.25, 0.3) is 0 Å². The molecule has 0 unspecified atom stereocenters. The molecule has 0 radical (unpaired) electrons. The summed E-state index contributed by atoms with van der Waals surface area (Å²) in [5.74, 6) is 0.364. The van der Waals surface area contributed by atoms with Gasteiger partial charge in [0.15, 0.2) is 0 Å². The lowest BCUT2D eigenvalue weighted by molar-refractivity contribution is 0.457. The van der Waals surface area contributed by atoms with Crippen molar-refractivity contribution in [3.05, 3.63) is 29.3 Å². The topological polar surface area (TPSA) is 72.2 Å². The number of nitrogens with one attached hydrogen (secondary N) is 1. The third kappa shape index (κ3) is 2.74. The fourth-order valence-corrected chi connectivity index (χ4v) is 4.53. The van der Waals surface area contributed by atoms with Crippen LogP contribution in [0, 0.1) is 23.7 Å². The molecule has 2 rings (SSSR count). The lowest BCUT2D eigenvalue weighted by Crippen LogP contribution is -2.28. The van der Waals surface area contributed by atoms with Gasteiger partial charge in [-0.05, 0) is 40.9 Å². The molecule has 1 aromatic carbocycles. The van der Waals surface area contributed by atoms with E-state index in [-0.39, 0.29) is 10.8 Å². The minimum Gasteiger partial charge on any atom is -0.326 e. The Labute approximate surface area is 128 Å². The monoisotopic (exact) mass is 310 g/mol. The van der Waals surface area contributed by atoms with E-state index in [1.165, 1.54) is 0 Å². The van der Waals surface area contributed by atoms with Crippen LogP contribution in [-0.2, 0) is 16.6 Å². The Morgan fingerprint density at radius 1 is 1.19 bits per heavy atom. The van der Waals surface area contributed by atoms with Crippen molar-refractivity contribution in [2.45, 2.75) is 46.1 Å². The highest BCUT2D eigenvalue weighted by molar-refractivity contribution is 7.89. The molecule has 1 fully saturated rings. The minimum atomic E-state index is -3.46. The van der Waals surface area contributed by atoms with Crippen molar-refractivity contribution >= 4 is 10.0 Å². The van der Waals surface area contributed by atoms with Crippen LogP contribution in [0.4, 0.5) is 0 Å². The van der Waals surface area contributed by atoms with E-state index in [2.05, 4.69) is 32.4 Å². The molecular formula is C16H26N2O2S. The summed E-state index contributed by atoms with van der Waals surface area (Å²) in [6.07, 6.45) is 0. The molecule has 1 aliphatic carbocycles. The summed E-state index contributed by atoms with van der Waals surface area (Å²) in [5.41, 5.74) is 7.60. The quantitative estimate of drug-likeness (QED) is 0.877. The van der Waals surface area contributed by atoms with E-state index in [9.17, 15) is 8.42 Å². The van der Waals surface area contributed by atoms with Gasteiger partial charge in [0.25, 0.3) is 0 Å². The molecule has 0 aromatic heterocycles. The maximum Gasteiger partial charge on any atom is 0.240 e. The number of nitrogens with two attached hydrogens (primary N) is 1.